The Morgan fingerprint density at radius 2 is 1.93 bits per heavy atom. The molecule has 4 heteroatoms. The van der Waals surface area contributed by atoms with Crippen LogP contribution in [0.2, 0.25) is 0 Å². The third kappa shape index (κ3) is 2.04. The summed E-state index contributed by atoms with van der Waals surface area (Å²) in [6.45, 7) is 5.56. The van der Waals surface area contributed by atoms with Crippen LogP contribution in [0.5, 0.6) is 0 Å². The Kier molecular flexibility index (Phi) is 2.77. The van der Waals surface area contributed by atoms with Crippen LogP contribution >= 0.6 is 0 Å². The molecule has 0 saturated carbocycles. The molecule has 0 radical (unpaired) electrons. The standard InChI is InChI=1S/C11H16N2O2/c1-8-7-9(11(15)10(8)14)12-13-5-3-2-4-6-13/h12,15H,1-7H2. The maximum Gasteiger partial charge on any atom is 0.224 e. The minimum Gasteiger partial charge on any atom is -0.503 e. The van der Waals surface area contributed by atoms with E-state index in [2.05, 4.69) is 17.0 Å². The van der Waals surface area contributed by atoms with Crippen molar-refractivity contribution < 1.29 is 9.90 Å². The Labute approximate surface area is 89.2 Å². The Bertz CT molecular complexity index is 327. The number of piperidine rings is 1. The van der Waals surface area contributed by atoms with E-state index in [1.54, 1.807) is 0 Å². The molecule has 0 spiro atoms. The summed E-state index contributed by atoms with van der Waals surface area (Å²) in [5, 5.41) is 11.6. The van der Waals surface area contributed by atoms with Gasteiger partial charge in [-0.3, -0.25) is 4.79 Å². The fourth-order valence-corrected chi connectivity index (χ4v) is 1.97. The summed E-state index contributed by atoms with van der Waals surface area (Å²) in [6.07, 6.45) is 4.03. The van der Waals surface area contributed by atoms with Gasteiger partial charge in [-0.2, -0.15) is 0 Å². The maximum absolute atomic E-state index is 11.3. The van der Waals surface area contributed by atoms with E-state index in [1.807, 2.05) is 0 Å². The monoisotopic (exact) mass is 208 g/mol. The molecule has 1 fully saturated rings. The first-order chi connectivity index (χ1) is 7.18. The second kappa shape index (κ2) is 4.06. The van der Waals surface area contributed by atoms with Gasteiger partial charge < -0.3 is 10.5 Å². The highest BCUT2D eigenvalue weighted by molar-refractivity contribution is 6.09. The van der Waals surface area contributed by atoms with Gasteiger partial charge in [0, 0.05) is 25.1 Å². The van der Waals surface area contributed by atoms with Gasteiger partial charge >= 0.3 is 0 Å². The number of hydrogen-bond donors (Lipinski definition) is 2. The molecule has 1 saturated heterocycles. The molecule has 2 N–H and O–H groups in total. The van der Waals surface area contributed by atoms with Crippen LogP contribution in [0.3, 0.4) is 0 Å². The summed E-state index contributed by atoms with van der Waals surface area (Å²) in [5.41, 5.74) is 4.18. The zero-order valence-electron chi connectivity index (χ0n) is 8.75. The minimum absolute atomic E-state index is 0.162. The second-order valence-corrected chi connectivity index (χ2v) is 4.10. The van der Waals surface area contributed by atoms with Crippen LogP contribution in [0, 0.1) is 0 Å². The number of carbonyl (C=O) groups excluding carboxylic acids is 1. The normalized spacial score (nSPS) is 23.7. The van der Waals surface area contributed by atoms with Gasteiger partial charge in [0.05, 0.1) is 5.70 Å². The number of allylic oxidation sites excluding steroid dienone is 2. The van der Waals surface area contributed by atoms with Crippen LogP contribution in [0.1, 0.15) is 25.7 Å². The lowest BCUT2D eigenvalue weighted by Gasteiger charge is -2.28. The van der Waals surface area contributed by atoms with Gasteiger partial charge in [0.1, 0.15) is 0 Å². The molecule has 82 valence electrons. The van der Waals surface area contributed by atoms with Crippen molar-refractivity contribution in [3.8, 4) is 0 Å². The number of ketones is 1. The summed E-state index contributed by atoms with van der Waals surface area (Å²) >= 11 is 0. The first-order valence-electron chi connectivity index (χ1n) is 5.34. The first-order valence-corrected chi connectivity index (χ1v) is 5.34. The van der Waals surface area contributed by atoms with Crippen molar-refractivity contribution in [3.05, 3.63) is 23.6 Å². The van der Waals surface area contributed by atoms with Crippen molar-refractivity contribution in [1.82, 2.24) is 10.4 Å². The lowest BCUT2D eigenvalue weighted by molar-refractivity contribution is -0.114. The number of hydrazine groups is 1. The highest BCUT2D eigenvalue weighted by atomic mass is 16.3. The molecule has 1 aliphatic heterocycles. The number of nitrogens with zero attached hydrogens (tertiary/aromatic N) is 1. The number of nitrogens with one attached hydrogen (secondary N) is 1. The molecule has 0 amide bonds. The molecular weight excluding hydrogens is 192 g/mol. The van der Waals surface area contributed by atoms with E-state index in [-0.39, 0.29) is 11.5 Å². The molecule has 0 aromatic heterocycles. The van der Waals surface area contributed by atoms with Crippen molar-refractivity contribution in [2.24, 2.45) is 0 Å². The molecule has 4 nitrogen and oxygen atoms in total. The van der Waals surface area contributed by atoms with Crippen molar-refractivity contribution in [1.29, 1.82) is 0 Å². The number of aliphatic hydroxyl groups excluding tert-OH is 1. The predicted molar refractivity (Wildman–Crippen MR) is 57.0 cm³/mol. The number of rotatable bonds is 2. The number of aliphatic hydroxyl groups is 1. The van der Waals surface area contributed by atoms with E-state index in [9.17, 15) is 9.90 Å². The average Bonchev–Trinajstić information content (AvgIpc) is 2.48. The molecule has 1 heterocycles. The molecule has 0 aromatic carbocycles. The van der Waals surface area contributed by atoms with E-state index >= 15 is 0 Å². The number of hydrogen-bond acceptors (Lipinski definition) is 4. The molecule has 0 atom stereocenters. The van der Waals surface area contributed by atoms with Gasteiger partial charge in [-0.25, -0.2) is 5.01 Å². The lowest BCUT2D eigenvalue weighted by atomic mass is 10.2. The second-order valence-electron chi connectivity index (χ2n) is 4.10. The number of Topliss-reactive ketones (excluding diaryl/α,β-unsaturated/α-hetero) is 1. The molecule has 0 bridgehead atoms. The highest BCUT2D eigenvalue weighted by Crippen LogP contribution is 2.23. The van der Waals surface area contributed by atoms with Gasteiger partial charge in [0.15, 0.2) is 5.76 Å². The Morgan fingerprint density at radius 1 is 1.27 bits per heavy atom. The fourth-order valence-electron chi connectivity index (χ4n) is 1.97. The summed E-state index contributed by atoms with van der Waals surface area (Å²) < 4.78 is 0. The predicted octanol–water partition coefficient (Wildman–Crippen LogP) is 1.28. The third-order valence-electron chi connectivity index (χ3n) is 2.86. The highest BCUT2D eigenvalue weighted by Gasteiger charge is 2.27. The van der Waals surface area contributed by atoms with Crippen LogP contribution in [-0.2, 0) is 4.79 Å². The van der Waals surface area contributed by atoms with Gasteiger partial charge in [0.25, 0.3) is 0 Å². The van der Waals surface area contributed by atoms with E-state index in [4.69, 9.17) is 0 Å². The maximum atomic E-state index is 11.3. The first kappa shape index (κ1) is 10.2. The molecule has 15 heavy (non-hydrogen) atoms. The van der Waals surface area contributed by atoms with E-state index < -0.39 is 0 Å². The molecular formula is C11H16N2O2. The molecule has 1 aliphatic carbocycles. The Hall–Kier alpha value is -1.29. The Morgan fingerprint density at radius 3 is 2.47 bits per heavy atom. The van der Waals surface area contributed by atoms with Gasteiger partial charge in [-0.15, -0.1) is 0 Å². The van der Waals surface area contributed by atoms with Crippen molar-refractivity contribution in [3.63, 3.8) is 0 Å². The van der Waals surface area contributed by atoms with Crippen molar-refractivity contribution in [2.75, 3.05) is 13.1 Å². The summed E-state index contributed by atoms with van der Waals surface area (Å²) in [5.74, 6) is -0.486. The number of carbonyl (C=O) groups is 1. The smallest absolute Gasteiger partial charge is 0.224 e. The fraction of sp³-hybridized carbons (Fsp3) is 0.545. The topological polar surface area (TPSA) is 52.6 Å². The van der Waals surface area contributed by atoms with Gasteiger partial charge in [0.2, 0.25) is 5.78 Å². The SMILES string of the molecule is C=C1CC(NN2CCCCC2)=C(O)C1=O. The molecule has 2 rings (SSSR count). The zero-order valence-corrected chi connectivity index (χ0v) is 8.75. The van der Waals surface area contributed by atoms with Crippen LogP contribution < -0.4 is 5.43 Å². The molecule has 0 aromatic rings. The van der Waals surface area contributed by atoms with Gasteiger partial charge in [-0.05, 0) is 12.8 Å². The lowest BCUT2D eigenvalue weighted by Crippen LogP contribution is -2.41. The van der Waals surface area contributed by atoms with E-state index in [0.717, 1.165) is 25.9 Å². The summed E-state index contributed by atoms with van der Waals surface area (Å²) in [6, 6.07) is 0. The minimum atomic E-state index is -0.325. The summed E-state index contributed by atoms with van der Waals surface area (Å²) in [7, 11) is 0. The van der Waals surface area contributed by atoms with E-state index in [0.29, 0.717) is 17.7 Å². The third-order valence-corrected chi connectivity index (χ3v) is 2.86. The van der Waals surface area contributed by atoms with Crippen LogP contribution in [-0.4, -0.2) is 29.0 Å². The molecule has 2 aliphatic rings. The van der Waals surface area contributed by atoms with Gasteiger partial charge in [-0.1, -0.05) is 13.0 Å². The van der Waals surface area contributed by atoms with Crippen molar-refractivity contribution in [2.45, 2.75) is 25.7 Å². The van der Waals surface area contributed by atoms with Crippen LogP contribution in [0.15, 0.2) is 23.6 Å². The van der Waals surface area contributed by atoms with Crippen molar-refractivity contribution >= 4 is 5.78 Å². The molecule has 0 unspecified atom stereocenters. The largest absolute Gasteiger partial charge is 0.503 e. The average molecular weight is 208 g/mol. The van der Waals surface area contributed by atoms with Crippen LogP contribution in [0.25, 0.3) is 0 Å². The zero-order chi connectivity index (χ0) is 10.8. The van der Waals surface area contributed by atoms with E-state index in [1.165, 1.54) is 6.42 Å². The summed E-state index contributed by atoms with van der Waals surface area (Å²) in [4.78, 5) is 11.3. The van der Waals surface area contributed by atoms with Crippen LogP contribution in [0.4, 0.5) is 0 Å². The quantitative estimate of drug-likeness (QED) is 0.671. The Balaban J connectivity index is 1.99.